The molecule has 1 fully saturated rings. The number of nitrogens with one attached hydrogen (secondary N) is 1. The number of nitrogens with two attached hydrogens (primary N) is 1. The first-order valence-electron chi connectivity index (χ1n) is 6.98. The van der Waals surface area contributed by atoms with Crippen LogP contribution in [0.15, 0.2) is 23.1 Å². The standard InChI is InChI=1S/C14H22FN3O2S/c1-18(2)14(5-3-4-6-14)10-17-21(19,20)13-8-11(15)7-12(16)9-13/h7-9,17H,3-6,10,16H2,1-2H3. The average molecular weight is 315 g/mol. The van der Waals surface area contributed by atoms with E-state index in [4.69, 9.17) is 5.73 Å². The molecule has 1 aromatic carbocycles. The molecule has 2 rings (SSSR count). The van der Waals surface area contributed by atoms with E-state index in [-0.39, 0.29) is 16.1 Å². The Morgan fingerprint density at radius 1 is 1.29 bits per heavy atom. The first kappa shape index (κ1) is 16.2. The van der Waals surface area contributed by atoms with Crippen LogP contribution in [0, 0.1) is 5.82 Å². The summed E-state index contributed by atoms with van der Waals surface area (Å²) in [6.45, 7) is 0.318. The first-order valence-corrected chi connectivity index (χ1v) is 8.47. The summed E-state index contributed by atoms with van der Waals surface area (Å²) in [5.74, 6) is -0.654. The zero-order valence-electron chi connectivity index (χ0n) is 12.4. The van der Waals surface area contributed by atoms with Gasteiger partial charge in [-0.2, -0.15) is 0 Å². The van der Waals surface area contributed by atoms with Crippen molar-refractivity contribution in [3.63, 3.8) is 0 Å². The smallest absolute Gasteiger partial charge is 0.240 e. The summed E-state index contributed by atoms with van der Waals surface area (Å²) in [5.41, 5.74) is 5.44. The van der Waals surface area contributed by atoms with E-state index in [0.29, 0.717) is 6.54 Å². The van der Waals surface area contributed by atoms with Gasteiger partial charge in [0, 0.05) is 17.8 Å². The lowest BCUT2D eigenvalue weighted by atomic mass is 9.97. The van der Waals surface area contributed by atoms with Crippen molar-refractivity contribution in [2.75, 3.05) is 26.4 Å². The molecule has 0 heterocycles. The Morgan fingerprint density at radius 3 is 2.43 bits per heavy atom. The molecule has 0 atom stereocenters. The van der Waals surface area contributed by atoms with Crippen molar-refractivity contribution in [1.82, 2.24) is 9.62 Å². The van der Waals surface area contributed by atoms with Gasteiger partial charge in [0.15, 0.2) is 0 Å². The molecule has 118 valence electrons. The predicted octanol–water partition coefficient (Wildman–Crippen LogP) is 1.56. The minimum atomic E-state index is -3.76. The largest absolute Gasteiger partial charge is 0.399 e. The van der Waals surface area contributed by atoms with E-state index >= 15 is 0 Å². The van der Waals surface area contributed by atoms with Gasteiger partial charge in [-0.15, -0.1) is 0 Å². The molecule has 0 aromatic heterocycles. The van der Waals surface area contributed by atoms with E-state index < -0.39 is 15.8 Å². The lowest BCUT2D eigenvalue weighted by molar-refractivity contribution is 0.162. The zero-order chi connectivity index (χ0) is 15.7. The van der Waals surface area contributed by atoms with Gasteiger partial charge in [-0.3, -0.25) is 0 Å². The number of hydrogen-bond donors (Lipinski definition) is 2. The molecule has 0 bridgehead atoms. The molecule has 0 unspecified atom stereocenters. The highest BCUT2D eigenvalue weighted by atomic mass is 32.2. The first-order chi connectivity index (χ1) is 9.75. The summed E-state index contributed by atoms with van der Waals surface area (Å²) in [4.78, 5) is 1.94. The molecule has 1 saturated carbocycles. The third-order valence-corrected chi connectivity index (χ3v) is 5.66. The van der Waals surface area contributed by atoms with Crippen LogP contribution in [0.25, 0.3) is 0 Å². The number of hydrogen-bond acceptors (Lipinski definition) is 4. The number of nitrogen functional groups attached to an aromatic ring is 1. The Morgan fingerprint density at radius 2 is 1.90 bits per heavy atom. The van der Waals surface area contributed by atoms with Crippen molar-refractivity contribution < 1.29 is 12.8 Å². The second-order valence-corrected chi connectivity index (χ2v) is 7.64. The maximum absolute atomic E-state index is 13.3. The maximum Gasteiger partial charge on any atom is 0.240 e. The van der Waals surface area contributed by atoms with Gasteiger partial charge in [0.2, 0.25) is 10.0 Å². The maximum atomic E-state index is 13.3. The monoisotopic (exact) mass is 315 g/mol. The van der Waals surface area contributed by atoms with Crippen LogP contribution in [0.1, 0.15) is 25.7 Å². The quantitative estimate of drug-likeness (QED) is 0.809. The minimum absolute atomic E-state index is 0.0959. The molecule has 21 heavy (non-hydrogen) atoms. The number of halogens is 1. The third kappa shape index (κ3) is 3.53. The van der Waals surface area contributed by atoms with Crippen molar-refractivity contribution in [3.05, 3.63) is 24.0 Å². The molecule has 1 aromatic rings. The van der Waals surface area contributed by atoms with Crippen LogP contribution in [0.5, 0.6) is 0 Å². The average Bonchev–Trinajstić information content (AvgIpc) is 2.85. The number of likely N-dealkylation sites (N-methyl/N-ethyl adjacent to an activating group) is 1. The Labute approximate surface area is 125 Å². The van der Waals surface area contributed by atoms with E-state index in [1.165, 1.54) is 6.07 Å². The summed E-state index contributed by atoms with van der Waals surface area (Å²) in [5, 5.41) is 0. The van der Waals surface area contributed by atoms with Gasteiger partial charge < -0.3 is 10.6 Å². The van der Waals surface area contributed by atoms with Gasteiger partial charge in [0.05, 0.1) is 4.90 Å². The van der Waals surface area contributed by atoms with Crippen molar-refractivity contribution in [1.29, 1.82) is 0 Å². The number of benzene rings is 1. The molecular formula is C14H22FN3O2S. The topological polar surface area (TPSA) is 75.4 Å². The molecule has 1 aliphatic rings. The molecule has 0 amide bonds. The lowest BCUT2D eigenvalue weighted by Crippen LogP contribution is -2.50. The number of rotatable bonds is 5. The second-order valence-electron chi connectivity index (χ2n) is 5.87. The fourth-order valence-electron chi connectivity index (χ4n) is 2.87. The fourth-order valence-corrected chi connectivity index (χ4v) is 4.05. The number of anilines is 1. The second kappa shape index (κ2) is 5.90. The van der Waals surface area contributed by atoms with E-state index in [1.54, 1.807) is 0 Å². The highest BCUT2D eigenvalue weighted by Gasteiger charge is 2.37. The molecule has 1 aliphatic carbocycles. The molecule has 0 spiro atoms. The van der Waals surface area contributed by atoms with Crippen LogP contribution in [-0.2, 0) is 10.0 Å². The van der Waals surface area contributed by atoms with E-state index in [9.17, 15) is 12.8 Å². The van der Waals surface area contributed by atoms with E-state index in [2.05, 4.69) is 9.62 Å². The van der Waals surface area contributed by atoms with Gasteiger partial charge in [0.25, 0.3) is 0 Å². The Kier molecular flexibility index (Phi) is 4.55. The Balaban J connectivity index is 2.17. The SMILES string of the molecule is CN(C)C1(CNS(=O)(=O)c2cc(N)cc(F)c2)CCCC1. The van der Waals surface area contributed by atoms with Crippen LogP contribution in [0.2, 0.25) is 0 Å². The molecule has 0 saturated heterocycles. The van der Waals surface area contributed by atoms with Crippen LogP contribution in [0.4, 0.5) is 10.1 Å². The Bertz CT molecular complexity index is 590. The molecule has 7 heteroatoms. The van der Waals surface area contributed by atoms with Crippen LogP contribution >= 0.6 is 0 Å². The third-order valence-electron chi connectivity index (χ3n) is 4.28. The molecular weight excluding hydrogens is 293 g/mol. The number of sulfonamides is 1. The zero-order valence-corrected chi connectivity index (χ0v) is 13.2. The van der Waals surface area contributed by atoms with E-state index in [0.717, 1.165) is 37.8 Å². The molecule has 3 N–H and O–H groups in total. The van der Waals surface area contributed by atoms with Crippen LogP contribution in [0.3, 0.4) is 0 Å². The van der Waals surface area contributed by atoms with Crippen molar-refractivity contribution in [3.8, 4) is 0 Å². The van der Waals surface area contributed by atoms with Crippen molar-refractivity contribution >= 4 is 15.7 Å². The minimum Gasteiger partial charge on any atom is -0.399 e. The van der Waals surface area contributed by atoms with Crippen LogP contribution < -0.4 is 10.5 Å². The fraction of sp³-hybridized carbons (Fsp3) is 0.571. The molecule has 0 radical (unpaired) electrons. The summed E-state index contributed by atoms with van der Waals surface area (Å²) in [6, 6.07) is 3.34. The Hall–Kier alpha value is -1.18. The van der Waals surface area contributed by atoms with Gasteiger partial charge in [0.1, 0.15) is 5.82 Å². The van der Waals surface area contributed by atoms with Crippen molar-refractivity contribution in [2.45, 2.75) is 36.1 Å². The predicted molar refractivity (Wildman–Crippen MR) is 80.9 cm³/mol. The summed E-state index contributed by atoms with van der Waals surface area (Å²) < 4.78 is 40.5. The highest BCUT2D eigenvalue weighted by Crippen LogP contribution is 2.33. The summed E-state index contributed by atoms with van der Waals surface area (Å²) in [6.07, 6.45) is 4.08. The van der Waals surface area contributed by atoms with Gasteiger partial charge in [-0.25, -0.2) is 17.5 Å². The van der Waals surface area contributed by atoms with Gasteiger partial charge in [-0.05, 0) is 45.1 Å². The van der Waals surface area contributed by atoms with Gasteiger partial charge in [-0.1, -0.05) is 12.8 Å². The van der Waals surface area contributed by atoms with Crippen LogP contribution in [-0.4, -0.2) is 39.5 Å². The van der Waals surface area contributed by atoms with Crippen molar-refractivity contribution in [2.24, 2.45) is 0 Å². The molecule has 0 aliphatic heterocycles. The lowest BCUT2D eigenvalue weighted by Gasteiger charge is -2.36. The summed E-state index contributed by atoms with van der Waals surface area (Å²) in [7, 11) is 0.155. The normalized spacial score (nSPS) is 18.3. The highest BCUT2D eigenvalue weighted by molar-refractivity contribution is 7.89. The molecule has 5 nitrogen and oxygen atoms in total. The van der Waals surface area contributed by atoms with Gasteiger partial charge >= 0.3 is 0 Å². The number of nitrogens with zero attached hydrogens (tertiary/aromatic N) is 1. The summed E-state index contributed by atoms with van der Waals surface area (Å²) >= 11 is 0. The van der Waals surface area contributed by atoms with E-state index in [1.807, 2.05) is 14.1 Å².